The normalized spacial score (nSPS) is 13.6. The number of rotatable bonds is 8. The molecule has 0 saturated carbocycles. The summed E-state index contributed by atoms with van der Waals surface area (Å²) in [5.41, 5.74) is 4.93. The van der Waals surface area contributed by atoms with Gasteiger partial charge in [0.25, 0.3) is 0 Å². The highest BCUT2D eigenvalue weighted by atomic mass is 16.5. The summed E-state index contributed by atoms with van der Waals surface area (Å²) in [6, 6.07) is 19.5. The van der Waals surface area contributed by atoms with Crippen LogP contribution in [0.3, 0.4) is 0 Å². The van der Waals surface area contributed by atoms with Crippen LogP contribution in [0.15, 0.2) is 85.6 Å². The van der Waals surface area contributed by atoms with Gasteiger partial charge in [0, 0.05) is 54.7 Å². The van der Waals surface area contributed by atoms with Gasteiger partial charge in [0.2, 0.25) is 0 Å². The minimum atomic E-state index is -0.584. The van der Waals surface area contributed by atoms with Crippen molar-refractivity contribution < 1.29 is 19.0 Å². The van der Waals surface area contributed by atoms with Crippen molar-refractivity contribution in [2.24, 2.45) is 0 Å². The van der Waals surface area contributed by atoms with Gasteiger partial charge in [0.1, 0.15) is 30.1 Å². The van der Waals surface area contributed by atoms with Crippen molar-refractivity contribution in [1.29, 1.82) is 0 Å². The number of amides is 1. The van der Waals surface area contributed by atoms with Crippen LogP contribution < -0.4 is 15.4 Å². The van der Waals surface area contributed by atoms with E-state index in [4.69, 9.17) is 19.2 Å². The predicted molar refractivity (Wildman–Crippen MR) is 156 cm³/mol. The number of nitrogens with one attached hydrogen (secondary N) is 2. The van der Waals surface area contributed by atoms with Crippen LogP contribution in [0.4, 0.5) is 22.0 Å². The fourth-order valence-corrected chi connectivity index (χ4v) is 5.04. The molecule has 0 bridgehead atoms. The standard InChI is InChI=1S/C31H30N6O4/c1-39-27-16-22(9-10-26(27)36-31(38)41-19-21-6-5-13-32-17-21)25-18-37(24-11-14-40-15-12-24)30-28(25)29(33-20-34-30)35-23-7-3-2-4-8-23/h2-10,13,16-18,20,24H,11-12,14-15,19H2,1H3,(H,36,38)(H,33,34,35). The fraction of sp³-hybridized carbons (Fsp3) is 0.226. The molecule has 1 amide bonds. The van der Waals surface area contributed by atoms with Crippen LogP contribution in [0.5, 0.6) is 5.75 Å². The highest BCUT2D eigenvalue weighted by Gasteiger charge is 2.24. The number of ether oxygens (including phenoxy) is 3. The maximum Gasteiger partial charge on any atom is 0.412 e. The van der Waals surface area contributed by atoms with Crippen molar-refractivity contribution in [1.82, 2.24) is 19.5 Å². The number of anilines is 3. The lowest BCUT2D eigenvalue weighted by atomic mass is 10.0. The summed E-state index contributed by atoms with van der Waals surface area (Å²) < 4.78 is 18.9. The zero-order valence-corrected chi connectivity index (χ0v) is 22.6. The van der Waals surface area contributed by atoms with Gasteiger partial charge in [0.15, 0.2) is 0 Å². The van der Waals surface area contributed by atoms with Crippen LogP contribution in [-0.4, -0.2) is 45.9 Å². The smallest absolute Gasteiger partial charge is 0.412 e. The van der Waals surface area contributed by atoms with Crippen molar-refractivity contribution in [3.63, 3.8) is 0 Å². The summed E-state index contributed by atoms with van der Waals surface area (Å²) >= 11 is 0. The Balaban J connectivity index is 1.34. The van der Waals surface area contributed by atoms with Gasteiger partial charge in [-0.2, -0.15) is 0 Å². The molecular weight excluding hydrogens is 520 g/mol. The first kappa shape index (κ1) is 26.3. The lowest BCUT2D eigenvalue weighted by Crippen LogP contribution is -2.19. The van der Waals surface area contributed by atoms with E-state index in [2.05, 4.69) is 31.4 Å². The molecule has 0 aliphatic carbocycles. The number of pyridine rings is 1. The molecule has 1 aliphatic rings. The Morgan fingerprint density at radius 3 is 2.71 bits per heavy atom. The third-order valence-electron chi connectivity index (χ3n) is 7.07. The Morgan fingerprint density at radius 2 is 1.93 bits per heavy atom. The van der Waals surface area contributed by atoms with Crippen LogP contribution in [0.2, 0.25) is 0 Å². The monoisotopic (exact) mass is 550 g/mol. The molecule has 1 aliphatic heterocycles. The number of hydrogen-bond donors (Lipinski definition) is 2. The van der Waals surface area contributed by atoms with E-state index in [-0.39, 0.29) is 12.6 Å². The van der Waals surface area contributed by atoms with E-state index in [1.165, 1.54) is 0 Å². The molecule has 2 aromatic carbocycles. The third kappa shape index (κ3) is 5.82. The quantitative estimate of drug-likeness (QED) is 0.230. The number of methoxy groups -OCH3 is 1. The number of aromatic nitrogens is 4. The Hall–Kier alpha value is -4.96. The first-order valence-electron chi connectivity index (χ1n) is 13.5. The van der Waals surface area contributed by atoms with Gasteiger partial charge in [-0.1, -0.05) is 30.3 Å². The van der Waals surface area contributed by atoms with Crippen LogP contribution >= 0.6 is 0 Å². The maximum absolute atomic E-state index is 12.5. The van der Waals surface area contributed by atoms with Gasteiger partial charge in [0.05, 0.1) is 18.2 Å². The van der Waals surface area contributed by atoms with Crippen molar-refractivity contribution in [2.75, 3.05) is 31.0 Å². The Labute approximate surface area is 237 Å². The van der Waals surface area contributed by atoms with Gasteiger partial charge >= 0.3 is 6.09 Å². The topological polar surface area (TPSA) is 112 Å². The van der Waals surface area contributed by atoms with Gasteiger partial charge in [-0.05, 0) is 48.7 Å². The predicted octanol–water partition coefficient (Wildman–Crippen LogP) is 6.35. The molecule has 41 heavy (non-hydrogen) atoms. The summed E-state index contributed by atoms with van der Waals surface area (Å²) in [6.07, 6.45) is 8.28. The summed E-state index contributed by atoms with van der Waals surface area (Å²) in [5, 5.41) is 7.16. The van der Waals surface area contributed by atoms with Gasteiger partial charge < -0.3 is 24.1 Å². The van der Waals surface area contributed by atoms with Crippen molar-refractivity contribution >= 4 is 34.3 Å². The molecule has 0 radical (unpaired) electrons. The summed E-state index contributed by atoms with van der Waals surface area (Å²) in [7, 11) is 1.57. The molecule has 10 heteroatoms. The van der Waals surface area contributed by atoms with E-state index in [1.807, 2.05) is 54.6 Å². The van der Waals surface area contributed by atoms with Crippen molar-refractivity contribution in [2.45, 2.75) is 25.5 Å². The van der Waals surface area contributed by atoms with Crippen LogP contribution in [0, 0.1) is 0 Å². The minimum Gasteiger partial charge on any atom is -0.495 e. The average Bonchev–Trinajstić information content (AvgIpc) is 3.42. The molecule has 208 valence electrons. The van der Waals surface area contributed by atoms with E-state index in [0.717, 1.165) is 46.3 Å². The Bertz CT molecular complexity index is 1640. The SMILES string of the molecule is COc1cc(-c2cn(C3CCOCC3)c3ncnc(Nc4ccccc4)c23)ccc1NC(=O)OCc1cccnc1. The number of nitrogens with zero attached hydrogens (tertiary/aromatic N) is 4. The number of carbonyl (C=O) groups is 1. The molecule has 10 nitrogen and oxygen atoms in total. The number of hydrogen-bond acceptors (Lipinski definition) is 8. The highest BCUT2D eigenvalue weighted by Crippen LogP contribution is 2.40. The zero-order valence-electron chi connectivity index (χ0n) is 22.6. The lowest BCUT2D eigenvalue weighted by molar-refractivity contribution is 0.0706. The second-order valence-electron chi connectivity index (χ2n) is 9.68. The summed E-state index contributed by atoms with van der Waals surface area (Å²) in [6.45, 7) is 1.54. The molecule has 0 unspecified atom stereocenters. The molecule has 0 atom stereocenters. The Morgan fingerprint density at radius 1 is 1.07 bits per heavy atom. The second-order valence-corrected chi connectivity index (χ2v) is 9.68. The molecule has 1 fully saturated rings. The van der Waals surface area contributed by atoms with E-state index in [0.29, 0.717) is 30.5 Å². The molecule has 6 rings (SSSR count). The van der Waals surface area contributed by atoms with Gasteiger partial charge in [-0.3, -0.25) is 10.3 Å². The van der Waals surface area contributed by atoms with Gasteiger partial charge in [-0.25, -0.2) is 14.8 Å². The molecule has 1 saturated heterocycles. The van der Waals surface area contributed by atoms with E-state index < -0.39 is 6.09 Å². The highest BCUT2D eigenvalue weighted by molar-refractivity contribution is 6.03. The van der Waals surface area contributed by atoms with E-state index >= 15 is 0 Å². The number of fused-ring (bicyclic) bond motifs is 1. The lowest BCUT2D eigenvalue weighted by Gasteiger charge is -2.24. The molecule has 3 aromatic heterocycles. The molecule has 2 N–H and O–H groups in total. The van der Waals surface area contributed by atoms with Crippen LogP contribution in [0.1, 0.15) is 24.4 Å². The van der Waals surface area contributed by atoms with Crippen LogP contribution in [0.25, 0.3) is 22.2 Å². The number of para-hydroxylation sites is 1. The summed E-state index contributed by atoms with van der Waals surface area (Å²) in [4.78, 5) is 25.9. The largest absolute Gasteiger partial charge is 0.495 e. The van der Waals surface area contributed by atoms with Crippen molar-refractivity contribution in [3.8, 4) is 16.9 Å². The zero-order chi connectivity index (χ0) is 28.0. The molecule has 5 aromatic rings. The maximum atomic E-state index is 12.5. The van der Waals surface area contributed by atoms with Gasteiger partial charge in [-0.15, -0.1) is 0 Å². The summed E-state index contributed by atoms with van der Waals surface area (Å²) in [5.74, 6) is 1.21. The van der Waals surface area contributed by atoms with Crippen molar-refractivity contribution in [3.05, 3.63) is 91.1 Å². The molecule has 4 heterocycles. The number of benzene rings is 2. The van der Waals surface area contributed by atoms with Crippen LogP contribution in [-0.2, 0) is 16.1 Å². The molecule has 0 spiro atoms. The average molecular weight is 551 g/mol. The Kier molecular flexibility index (Phi) is 7.72. The molecular formula is C31H30N6O4. The first-order chi connectivity index (χ1) is 20.2. The van der Waals surface area contributed by atoms with E-state index in [9.17, 15) is 4.79 Å². The third-order valence-corrected chi connectivity index (χ3v) is 7.07. The fourth-order valence-electron chi connectivity index (χ4n) is 5.04. The minimum absolute atomic E-state index is 0.114. The number of carbonyl (C=O) groups excluding carboxylic acids is 1. The van der Waals surface area contributed by atoms with E-state index in [1.54, 1.807) is 31.9 Å². The second kappa shape index (κ2) is 12.1. The first-order valence-corrected chi connectivity index (χ1v) is 13.5.